The van der Waals surface area contributed by atoms with Crippen molar-refractivity contribution in [2.24, 2.45) is 5.92 Å². The molecule has 1 saturated heterocycles. The molecule has 4 rings (SSSR count). The fraction of sp³-hybridized carbons (Fsp3) is 0.452. The third kappa shape index (κ3) is 5.79. The van der Waals surface area contributed by atoms with E-state index in [-0.39, 0.29) is 11.8 Å². The summed E-state index contributed by atoms with van der Waals surface area (Å²) in [5.41, 5.74) is 4.23. The van der Waals surface area contributed by atoms with Gasteiger partial charge in [0.25, 0.3) is 0 Å². The Morgan fingerprint density at radius 3 is 2.54 bits per heavy atom. The normalized spacial score (nSPS) is 16.8. The average Bonchev–Trinajstić information content (AvgIpc) is 3.52. The average molecular weight is 535 g/mol. The number of amides is 1. The lowest BCUT2D eigenvalue weighted by Crippen LogP contribution is -2.31. The van der Waals surface area contributed by atoms with Gasteiger partial charge in [0, 0.05) is 48.6 Å². The van der Waals surface area contributed by atoms with Gasteiger partial charge in [-0.1, -0.05) is 32.4 Å². The molecule has 1 fully saturated rings. The number of benzene rings is 2. The Hall–Kier alpha value is -3.81. The summed E-state index contributed by atoms with van der Waals surface area (Å²) in [6.45, 7) is 6.95. The molecule has 3 unspecified atom stereocenters. The minimum Gasteiger partial charge on any atom is -0.496 e. The number of carbonyl (C=O) groups excluding carboxylic acids is 3. The molecule has 0 radical (unpaired) electrons. The van der Waals surface area contributed by atoms with Gasteiger partial charge in [0.15, 0.2) is 0 Å². The molecule has 0 saturated carbocycles. The number of hydrogen-bond acceptors (Lipinski definition) is 6. The number of likely N-dealkylation sites (tertiary alicyclic amines) is 1. The second-order valence-corrected chi connectivity index (χ2v) is 10.1. The highest BCUT2D eigenvalue weighted by atomic mass is 16.5. The maximum Gasteiger partial charge on any atom is 0.337 e. The predicted octanol–water partition coefficient (Wildman–Crippen LogP) is 5.76. The van der Waals surface area contributed by atoms with Gasteiger partial charge >= 0.3 is 11.9 Å². The third-order valence-corrected chi connectivity index (χ3v) is 7.54. The summed E-state index contributed by atoms with van der Waals surface area (Å²) in [6, 6.07) is 11.4. The number of carbonyl (C=O) groups is 3. The van der Waals surface area contributed by atoms with E-state index in [1.54, 1.807) is 19.2 Å². The van der Waals surface area contributed by atoms with Crippen molar-refractivity contribution in [3.8, 4) is 5.75 Å². The molecule has 0 spiro atoms. The zero-order valence-electron chi connectivity index (χ0n) is 23.4. The van der Waals surface area contributed by atoms with Gasteiger partial charge in [0.2, 0.25) is 5.91 Å². The van der Waals surface area contributed by atoms with Crippen LogP contribution in [0.3, 0.4) is 0 Å². The Morgan fingerprint density at radius 2 is 1.87 bits per heavy atom. The highest BCUT2D eigenvalue weighted by Crippen LogP contribution is 2.41. The van der Waals surface area contributed by atoms with Crippen LogP contribution in [0.25, 0.3) is 10.9 Å². The molecule has 3 atom stereocenters. The largest absolute Gasteiger partial charge is 0.496 e. The van der Waals surface area contributed by atoms with E-state index in [0.717, 1.165) is 46.9 Å². The van der Waals surface area contributed by atoms with Gasteiger partial charge < -0.3 is 24.1 Å². The van der Waals surface area contributed by atoms with E-state index >= 15 is 0 Å². The first-order valence-corrected chi connectivity index (χ1v) is 13.7. The van der Waals surface area contributed by atoms with E-state index in [0.29, 0.717) is 30.8 Å². The van der Waals surface area contributed by atoms with E-state index in [4.69, 9.17) is 14.2 Å². The Kier molecular flexibility index (Phi) is 8.94. The van der Waals surface area contributed by atoms with Crippen LogP contribution in [0.5, 0.6) is 5.75 Å². The van der Waals surface area contributed by atoms with Crippen LogP contribution in [-0.2, 0) is 19.1 Å². The summed E-state index contributed by atoms with van der Waals surface area (Å²) in [6.07, 6.45) is 4.68. The summed E-state index contributed by atoms with van der Waals surface area (Å²) in [5.74, 6) is -0.586. The van der Waals surface area contributed by atoms with Crippen molar-refractivity contribution in [2.45, 2.75) is 58.5 Å². The zero-order chi connectivity index (χ0) is 28.1. The van der Waals surface area contributed by atoms with Gasteiger partial charge in [-0.2, -0.15) is 0 Å². The van der Waals surface area contributed by atoms with Crippen LogP contribution < -0.4 is 4.74 Å². The summed E-state index contributed by atoms with van der Waals surface area (Å²) in [4.78, 5) is 42.7. The lowest BCUT2D eigenvalue weighted by molar-refractivity contribution is -0.152. The maximum absolute atomic E-state index is 13.2. The molecule has 1 aliphatic rings. The summed E-state index contributed by atoms with van der Waals surface area (Å²) >= 11 is 0. The molecule has 1 aromatic heterocycles. The minimum absolute atomic E-state index is 0.0130. The number of nitrogens with zero attached hydrogens (tertiary/aromatic N) is 1. The summed E-state index contributed by atoms with van der Waals surface area (Å²) in [7, 11) is 2.95. The highest BCUT2D eigenvalue weighted by Gasteiger charge is 2.39. The first-order chi connectivity index (χ1) is 18.8. The molecule has 208 valence electrons. The molecular weight excluding hydrogens is 496 g/mol. The molecule has 0 bridgehead atoms. The molecule has 1 aliphatic heterocycles. The van der Waals surface area contributed by atoms with Crippen molar-refractivity contribution in [1.82, 2.24) is 9.88 Å². The Morgan fingerprint density at radius 1 is 1.08 bits per heavy atom. The standard InChI is InChI=1S/C31H38N2O6/c1-6-8-22(23-11-9-21(31(36)38-5)17-28(23)37-4)26-18-32-27-12-10-20(16-25(26)27)29(39-19(3)34)24-13-15-33(14-7-2)30(24)35/h9-12,16-18,22,24,29,32H,6-8,13-15H2,1-5H3. The van der Waals surface area contributed by atoms with Gasteiger partial charge in [-0.15, -0.1) is 0 Å². The molecule has 2 heterocycles. The molecule has 0 aliphatic carbocycles. The molecule has 8 nitrogen and oxygen atoms in total. The monoisotopic (exact) mass is 534 g/mol. The van der Waals surface area contributed by atoms with Crippen molar-refractivity contribution in [2.75, 3.05) is 27.3 Å². The third-order valence-electron chi connectivity index (χ3n) is 7.54. The second kappa shape index (κ2) is 12.4. The SMILES string of the molecule is CCCC(c1ccc(C(=O)OC)cc1OC)c1c[nH]c2ccc(C(OC(C)=O)C3CCN(CCC)C3=O)cc12. The topological polar surface area (TPSA) is 97.9 Å². The molecule has 1 N–H and O–H groups in total. The van der Waals surface area contributed by atoms with Crippen molar-refractivity contribution in [1.29, 1.82) is 0 Å². The van der Waals surface area contributed by atoms with Gasteiger partial charge in [-0.3, -0.25) is 9.59 Å². The fourth-order valence-corrected chi connectivity index (χ4v) is 5.73. The Labute approximate surface area is 229 Å². The Balaban J connectivity index is 1.77. The molecule has 1 amide bonds. The van der Waals surface area contributed by atoms with Crippen LogP contribution in [0.1, 0.15) is 85.5 Å². The predicted molar refractivity (Wildman–Crippen MR) is 149 cm³/mol. The molecule has 8 heteroatoms. The molecule has 2 aromatic carbocycles. The van der Waals surface area contributed by atoms with Crippen LogP contribution in [0.15, 0.2) is 42.6 Å². The number of esters is 2. The first-order valence-electron chi connectivity index (χ1n) is 13.7. The number of ether oxygens (including phenoxy) is 3. The van der Waals surface area contributed by atoms with Gasteiger partial charge in [0.1, 0.15) is 11.9 Å². The van der Waals surface area contributed by atoms with Crippen molar-refractivity contribution in [3.05, 3.63) is 64.8 Å². The zero-order valence-corrected chi connectivity index (χ0v) is 23.4. The van der Waals surface area contributed by atoms with E-state index in [1.807, 2.05) is 35.4 Å². The van der Waals surface area contributed by atoms with Crippen LogP contribution >= 0.6 is 0 Å². The van der Waals surface area contributed by atoms with Crippen molar-refractivity contribution < 1.29 is 28.6 Å². The summed E-state index contributed by atoms with van der Waals surface area (Å²) < 4.78 is 16.4. The lowest BCUT2D eigenvalue weighted by Gasteiger charge is -2.24. The number of nitrogens with one attached hydrogen (secondary N) is 1. The van der Waals surface area contributed by atoms with Crippen molar-refractivity contribution >= 4 is 28.7 Å². The minimum atomic E-state index is -0.650. The lowest BCUT2D eigenvalue weighted by atomic mass is 9.85. The number of methoxy groups -OCH3 is 2. The van der Waals surface area contributed by atoms with Gasteiger partial charge in [-0.25, -0.2) is 4.79 Å². The van der Waals surface area contributed by atoms with Gasteiger partial charge in [-0.05, 0) is 54.7 Å². The van der Waals surface area contributed by atoms with Crippen molar-refractivity contribution in [3.63, 3.8) is 0 Å². The number of aromatic nitrogens is 1. The van der Waals surface area contributed by atoms with E-state index in [1.165, 1.54) is 14.0 Å². The van der Waals surface area contributed by atoms with Crippen LogP contribution in [0.4, 0.5) is 0 Å². The molecule has 3 aromatic rings. The van der Waals surface area contributed by atoms with Crippen LogP contribution in [-0.4, -0.2) is 55.0 Å². The van der Waals surface area contributed by atoms with Crippen LogP contribution in [0.2, 0.25) is 0 Å². The number of H-pyrrole nitrogens is 1. The van der Waals surface area contributed by atoms with Gasteiger partial charge in [0.05, 0.1) is 25.7 Å². The second-order valence-electron chi connectivity index (χ2n) is 10.1. The Bertz CT molecular complexity index is 1350. The number of aromatic amines is 1. The first kappa shape index (κ1) is 28.2. The van der Waals surface area contributed by atoms with Crippen LogP contribution in [0, 0.1) is 5.92 Å². The van der Waals surface area contributed by atoms with E-state index in [2.05, 4.69) is 18.8 Å². The smallest absolute Gasteiger partial charge is 0.337 e. The number of rotatable bonds is 11. The quantitative estimate of drug-likeness (QED) is 0.314. The number of fused-ring (bicyclic) bond motifs is 1. The summed E-state index contributed by atoms with van der Waals surface area (Å²) in [5, 5.41) is 0.998. The molecular formula is C31H38N2O6. The fourth-order valence-electron chi connectivity index (χ4n) is 5.73. The number of hydrogen-bond donors (Lipinski definition) is 1. The molecule has 39 heavy (non-hydrogen) atoms. The van der Waals surface area contributed by atoms with E-state index in [9.17, 15) is 14.4 Å². The highest BCUT2D eigenvalue weighted by molar-refractivity contribution is 5.90. The van der Waals surface area contributed by atoms with E-state index < -0.39 is 24.0 Å². The maximum atomic E-state index is 13.2.